The summed E-state index contributed by atoms with van der Waals surface area (Å²) < 4.78 is 5.12. The molecule has 0 aromatic carbocycles. The summed E-state index contributed by atoms with van der Waals surface area (Å²) in [5.41, 5.74) is 0. The minimum atomic E-state index is -0.239. The third-order valence-corrected chi connectivity index (χ3v) is 2.13. The van der Waals surface area contributed by atoms with Gasteiger partial charge in [0.25, 0.3) is 0 Å². The summed E-state index contributed by atoms with van der Waals surface area (Å²) in [6.07, 6.45) is 2.38. The van der Waals surface area contributed by atoms with E-state index >= 15 is 0 Å². The highest BCUT2D eigenvalue weighted by molar-refractivity contribution is 4.85. The number of aliphatic hydroxyl groups is 1. The molecule has 0 radical (unpaired) electrons. The molecule has 0 spiro atoms. The summed E-state index contributed by atoms with van der Waals surface area (Å²) >= 11 is 0. The van der Waals surface area contributed by atoms with E-state index in [1.807, 2.05) is 0 Å². The van der Waals surface area contributed by atoms with Gasteiger partial charge in [-0.1, -0.05) is 0 Å². The van der Waals surface area contributed by atoms with Gasteiger partial charge in [-0.3, -0.25) is 0 Å². The molecule has 0 unspecified atom stereocenters. The predicted molar refractivity (Wildman–Crippen MR) is 43.5 cm³/mol. The smallest absolute Gasteiger partial charge is 0.0636 e. The second-order valence-corrected chi connectivity index (χ2v) is 3.28. The Hall–Kier alpha value is -0.120. The van der Waals surface area contributed by atoms with E-state index in [1.54, 1.807) is 14.0 Å². The van der Waals surface area contributed by atoms with Gasteiger partial charge in [0.2, 0.25) is 0 Å². The SMILES string of the molecule is COC1CC(NC[C@@H](C)O)C1. The maximum Gasteiger partial charge on any atom is 0.0636 e. The molecule has 0 saturated heterocycles. The van der Waals surface area contributed by atoms with E-state index in [4.69, 9.17) is 9.84 Å². The minimum Gasteiger partial charge on any atom is -0.392 e. The second-order valence-electron chi connectivity index (χ2n) is 3.28. The van der Waals surface area contributed by atoms with Crippen LogP contribution in [0.2, 0.25) is 0 Å². The fourth-order valence-electron chi connectivity index (χ4n) is 1.26. The summed E-state index contributed by atoms with van der Waals surface area (Å²) in [7, 11) is 1.75. The van der Waals surface area contributed by atoms with E-state index in [0.29, 0.717) is 18.7 Å². The van der Waals surface area contributed by atoms with Crippen molar-refractivity contribution in [2.24, 2.45) is 0 Å². The molecular formula is C8H17NO2. The topological polar surface area (TPSA) is 41.5 Å². The summed E-state index contributed by atoms with van der Waals surface area (Å²) in [6.45, 7) is 2.49. The largest absolute Gasteiger partial charge is 0.392 e. The van der Waals surface area contributed by atoms with Crippen molar-refractivity contribution in [2.45, 2.75) is 38.0 Å². The molecule has 2 N–H and O–H groups in total. The molecule has 1 rings (SSSR count). The molecule has 1 aliphatic rings. The quantitative estimate of drug-likeness (QED) is 0.613. The molecule has 0 aromatic rings. The summed E-state index contributed by atoms with van der Waals surface area (Å²) in [5.74, 6) is 0. The summed E-state index contributed by atoms with van der Waals surface area (Å²) in [6, 6.07) is 0.564. The molecule has 11 heavy (non-hydrogen) atoms. The maximum atomic E-state index is 8.95. The zero-order chi connectivity index (χ0) is 8.27. The van der Waals surface area contributed by atoms with Crippen molar-refractivity contribution in [1.29, 1.82) is 0 Å². The molecule has 3 nitrogen and oxygen atoms in total. The Morgan fingerprint density at radius 2 is 2.27 bits per heavy atom. The average Bonchev–Trinajstić information content (AvgIpc) is 1.84. The molecular weight excluding hydrogens is 142 g/mol. The standard InChI is InChI=1S/C8H17NO2/c1-6(10)5-9-7-3-8(4-7)11-2/h6-10H,3-5H2,1-2H3/t6-,7?,8?/m1/s1. The number of methoxy groups -OCH3 is 1. The predicted octanol–water partition coefficient (Wildman–Crippen LogP) is 0.134. The van der Waals surface area contributed by atoms with Crippen LogP contribution in [0.25, 0.3) is 0 Å². The van der Waals surface area contributed by atoms with Crippen LogP contribution < -0.4 is 5.32 Å². The van der Waals surface area contributed by atoms with Crippen molar-refractivity contribution < 1.29 is 9.84 Å². The van der Waals surface area contributed by atoms with Crippen LogP contribution >= 0.6 is 0 Å². The molecule has 3 heteroatoms. The van der Waals surface area contributed by atoms with Crippen molar-refractivity contribution >= 4 is 0 Å². The van der Waals surface area contributed by atoms with E-state index in [2.05, 4.69) is 5.32 Å². The Morgan fingerprint density at radius 1 is 1.64 bits per heavy atom. The number of nitrogens with one attached hydrogen (secondary N) is 1. The maximum absolute atomic E-state index is 8.95. The van der Waals surface area contributed by atoms with Crippen LogP contribution in [0.5, 0.6) is 0 Å². The number of ether oxygens (including phenoxy) is 1. The van der Waals surface area contributed by atoms with Crippen LogP contribution in [0, 0.1) is 0 Å². The zero-order valence-corrected chi connectivity index (χ0v) is 7.21. The molecule has 0 heterocycles. The fourth-order valence-corrected chi connectivity index (χ4v) is 1.26. The fraction of sp³-hybridized carbons (Fsp3) is 1.00. The summed E-state index contributed by atoms with van der Waals surface area (Å²) in [5, 5.41) is 12.2. The first-order chi connectivity index (χ1) is 5.22. The molecule has 0 aliphatic heterocycles. The van der Waals surface area contributed by atoms with Crippen LogP contribution in [0.15, 0.2) is 0 Å². The normalized spacial score (nSPS) is 33.0. The highest BCUT2D eigenvalue weighted by Gasteiger charge is 2.28. The molecule has 1 aliphatic carbocycles. The zero-order valence-electron chi connectivity index (χ0n) is 7.21. The lowest BCUT2D eigenvalue weighted by molar-refractivity contribution is 0.0144. The molecule has 0 aromatic heterocycles. The van der Waals surface area contributed by atoms with Crippen molar-refractivity contribution in [3.63, 3.8) is 0 Å². The van der Waals surface area contributed by atoms with E-state index in [9.17, 15) is 0 Å². The minimum absolute atomic E-state index is 0.239. The van der Waals surface area contributed by atoms with Gasteiger partial charge in [0.05, 0.1) is 12.2 Å². The lowest BCUT2D eigenvalue weighted by Crippen LogP contribution is -2.46. The highest BCUT2D eigenvalue weighted by Crippen LogP contribution is 2.22. The third-order valence-electron chi connectivity index (χ3n) is 2.13. The Kier molecular flexibility index (Phi) is 3.30. The van der Waals surface area contributed by atoms with Crippen molar-refractivity contribution in [2.75, 3.05) is 13.7 Å². The van der Waals surface area contributed by atoms with Crippen LogP contribution in [0.3, 0.4) is 0 Å². The molecule has 0 amide bonds. The monoisotopic (exact) mass is 159 g/mol. The van der Waals surface area contributed by atoms with Gasteiger partial charge >= 0.3 is 0 Å². The van der Waals surface area contributed by atoms with E-state index < -0.39 is 0 Å². The lowest BCUT2D eigenvalue weighted by Gasteiger charge is -2.35. The van der Waals surface area contributed by atoms with Gasteiger partial charge < -0.3 is 15.2 Å². The van der Waals surface area contributed by atoms with E-state index in [0.717, 1.165) is 12.8 Å². The van der Waals surface area contributed by atoms with Gasteiger partial charge in [-0.05, 0) is 19.8 Å². The average molecular weight is 159 g/mol. The van der Waals surface area contributed by atoms with Crippen molar-refractivity contribution in [3.05, 3.63) is 0 Å². The number of hydrogen-bond acceptors (Lipinski definition) is 3. The van der Waals surface area contributed by atoms with Crippen LogP contribution in [0.1, 0.15) is 19.8 Å². The van der Waals surface area contributed by atoms with Gasteiger partial charge in [-0.25, -0.2) is 0 Å². The lowest BCUT2D eigenvalue weighted by atomic mass is 9.89. The number of aliphatic hydroxyl groups excluding tert-OH is 1. The number of hydrogen-bond donors (Lipinski definition) is 2. The Balaban J connectivity index is 1.96. The van der Waals surface area contributed by atoms with E-state index in [1.165, 1.54) is 0 Å². The third kappa shape index (κ3) is 2.77. The van der Waals surface area contributed by atoms with Crippen molar-refractivity contribution in [1.82, 2.24) is 5.32 Å². The second kappa shape index (κ2) is 4.04. The van der Waals surface area contributed by atoms with E-state index in [-0.39, 0.29) is 6.10 Å². The van der Waals surface area contributed by atoms with Crippen molar-refractivity contribution in [3.8, 4) is 0 Å². The van der Waals surface area contributed by atoms with Gasteiger partial charge in [-0.15, -0.1) is 0 Å². The Bertz CT molecular complexity index is 111. The first-order valence-corrected chi connectivity index (χ1v) is 4.16. The molecule has 1 atom stereocenters. The van der Waals surface area contributed by atoms with Crippen LogP contribution in [0.4, 0.5) is 0 Å². The van der Waals surface area contributed by atoms with Gasteiger partial charge in [0.1, 0.15) is 0 Å². The summed E-state index contributed by atoms with van der Waals surface area (Å²) in [4.78, 5) is 0. The molecule has 0 bridgehead atoms. The first kappa shape index (κ1) is 8.97. The highest BCUT2D eigenvalue weighted by atomic mass is 16.5. The Morgan fingerprint density at radius 3 is 2.73 bits per heavy atom. The molecule has 1 saturated carbocycles. The van der Waals surface area contributed by atoms with Crippen LogP contribution in [-0.2, 0) is 4.74 Å². The molecule has 1 fully saturated rings. The Labute approximate surface area is 67.7 Å². The first-order valence-electron chi connectivity index (χ1n) is 4.16. The molecule has 66 valence electrons. The van der Waals surface area contributed by atoms with Gasteiger partial charge in [-0.2, -0.15) is 0 Å². The number of rotatable bonds is 4. The van der Waals surface area contributed by atoms with Gasteiger partial charge in [0, 0.05) is 19.7 Å². The van der Waals surface area contributed by atoms with Gasteiger partial charge in [0.15, 0.2) is 0 Å². The van der Waals surface area contributed by atoms with Crippen LogP contribution in [-0.4, -0.2) is 37.0 Å².